The van der Waals surface area contributed by atoms with Gasteiger partial charge in [0.15, 0.2) is 24.4 Å². The molecule has 1 aromatic carbocycles. The number of methoxy groups -OCH3 is 1. The van der Waals surface area contributed by atoms with Crippen LogP contribution in [0.4, 0.5) is 0 Å². The number of carboxylic acid groups (broad SMARTS) is 1. The van der Waals surface area contributed by atoms with Crippen molar-refractivity contribution in [2.45, 2.75) is 51.2 Å². The molecule has 1 aliphatic rings. The third kappa shape index (κ3) is 5.69. The zero-order chi connectivity index (χ0) is 23.3. The van der Waals surface area contributed by atoms with E-state index in [1.165, 1.54) is 12.1 Å². The molecule has 2 rings (SSSR count). The minimum absolute atomic E-state index is 0.259. The second-order valence-electron chi connectivity index (χ2n) is 6.50. The Morgan fingerprint density at radius 3 is 2.19 bits per heavy atom. The Bertz CT molecular complexity index is 850. The highest BCUT2D eigenvalue weighted by Crippen LogP contribution is 2.30. The second kappa shape index (κ2) is 10.2. The van der Waals surface area contributed by atoms with Crippen LogP contribution in [0.3, 0.4) is 0 Å². The zero-order valence-corrected chi connectivity index (χ0v) is 16.8. The van der Waals surface area contributed by atoms with Gasteiger partial charge in [-0.05, 0) is 17.7 Å². The van der Waals surface area contributed by atoms with Crippen molar-refractivity contribution in [1.82, 2.24) is 0 Å². The summed E-state index contributed by atoms with van der Waals surface area (Å²) in [5.41, 5.74) is -0.0712. The lowest BCUT2D eigenvalue weighted by Gasteiger charge is -2.41. The third-order valence-electron chi connectivity index (χ3n) is 4.26. The fourth-order valence-electron chi connectivity index (χ4n) is 2.95. The lowest BCUT2D eigenvalue weighted by atomic mass is 9.98. The fourth-order valence-corrected chi connectivity index (χ4v) is 2.95. The molecule has 0 unspecified atom stereocenters. The van der Waals surface area contributed by atoms with Gasteiger partial charge in [-0.3, -0.25) is 9.59 Å². The number of benzene rings is 1. The highest BCUT2D eigenvalue weighted by Gasteiger charge is 2.53. The Morgan fingerprint density at radius 1 is 1.06 bits per heavy atom. The number of carbonyl (C=O) groups excluding carboxylic acids is 3. The van der Waals surface area contributed by atoms with Gasteiger partial charge in [0.1, 0.15) is 11.3 Å². The molecule has 1 aromatic rings. The molecule has 0 amide bonds. The minimum Gasteiger partial charge on any atom is -0.478 e. The Morgan fingerprint density at radius 2 is 1.68 bits per heavy atom. The number of aliphatic hydroxyl groups excluding tert-OH is 2. The van der Waals surface area contributed by atoms with E-state index in [0.717, 1.165) is 27.0 Å². The lowest BCUT2D eigenvalue weighted by Crippen LogP contribution is -2.63. The van der Waals surface area contributed by atoms with E-state index < -0.39 is 61.2 Å². The van der Waals surface area contributed by atoms with Gasteiger partial charge in [-0.25, -0.2) is 9.59 Å². The van der Waals surface area contributed by atoms with E-state index in [9.17, 15) is 34.5 Å². The van der Waals surface area contributed by atoms with Crippen molar-refractivity contribution in [1.29, 1.82) is 0 Å². The van der Waals surface area contributed by atoms with Gasteiger partial charge in [-0.2, -0.15) is 0 Å². The van der Waals surface area contributed by atoms with Crippen molar-refractivity contribution >= 4 is 23.9 Å². The van der Waals surface area contributed by atoms with Crippen LogP contribution in [0, 0.1) is 0 Å². The molecule has 0 aromatic heterocycles. The zero-order valence-electron chi connectivity index (χ0n) is 16.8. The van der Waals surface area contributed by atoms with Gasteiger partial charge in [0.25, 0.3) is 0 Å². The summed E-state index contributed by atoms with van der Waals surface area (Å²) < 4.78 is 25.6. The van der Waals surface area contributed by atoms with E-state index in [-0.39, 0.29) is 16.9 Å². The van der Waals surface area contributed by atoms with Crippen LogP contribution in [-0.4, -0.2) is 77.0 Å². The summed E-state index contributed by atoms with van der Waals surface area (Å²) in [7, 11) is 1.04. The fraction of sp³-hybridized carbons (Fsp3) is 0.474. The average Bonchev–Trinajstić information content (AvgIpc) is 2.71. The number of rotatable bonds is 7. The Kier molecular flexibility index (Phi) is 7.91. The molecule has 12 heteroatoms. The summed E-state index contributed by atoms with van der Waals surface area (Å²) in [6.45, 7) is 1.65. The molecule has 0 radical (unpaired) electrons. The van der Waals surface area contributed by atoms with Gasteiger partial charge in [-0.15, -0.1) is 0 Å². The largest absolute Gasteiger partial charge is 0.478 e. The summed E-state index contributed by atoms with van der Waals surface area (Å²) in [6, 6.07) is 3.74. The van der Waals surface area contributed by atoms with Gasteiger partial charge in [-0.1, -0.05) is 6.07 Å². The average molecular weight is 442 g/mol. The second-order valence-corrected chi connectivity index (χ2v) is 6.50. The Hall–Kier alpha value is -3.22. The van der Waals surface area contributed by atoms with Crippen LogP contribution in [0.1, 0.15) is 29.8 Å². The Labute approximate surface area is 176 Å². The van der Waals surface area contributed by atoms with Crippen LogP contribution in [0.25, 0.3) is 0 Å². The van der Waals surface area contributed by atoms with Gasteiger partial charge >= 0.3 is 23.9 Å². The maximum atomic E-state index is 12.2. The number of aromatic carboxylic acids is 1. The molecular weight excluding hydrogens is 420 g/mol. The molecule has 31 heavy (non-hydrogen) atoms. The van der Waals surface area contributed by atoms with Crippen LogP contribution >= 0.6 is 0 Å². The molecule has 3 N–H and O–H groups in total. The number of hydrogen-bond acceptors (Lipinski definition) is 11. The molecule has 170 valence electrons. The highest BCUT2D eigenvalue weighted by molar-refractivity contribution is 5.91. The number of hydrogen-bond donors (Lipinski definition) is 3. The van der Waals surface area contributed by atoms with E-state index in [0.29, 0.717) is 0 Å². The van der Waals surface area contributed by atoms with Gasteiger partial charge in [0.05, 0.1) is 13.7 Å². The van der Waals surface area contributed by atoms with Crippen LogP contribution in [-0.2, 0) is 39.9 Å². The molecule has 0 bridgehead atoms. The molecule has 0 aliphatic carbocycles. The van der Waals surface area contributed by atoms with Crippen molar-refractivity contribution in [3.63, 3.8) is 0 Å². The molecule has 0 saturated carbocycles. The maximum absolute atomic E-state index is 12.2. The van der Waals surface area contributed by atoms with Crippen LogP contribution in [0.2, 0.25) is 0 Å². The SMILES string of the molecule is COC(=O)[C@H]1O[C@@H](Oc2ccc(CO)cc2C(=O)O)[C@H](O)[C@@H](OC(C)=O)[C@@H]1OC(C)=O. The molecule has 1 fully saturated rings. The minimum atomic E-state index is -1.78. The quantitative estimate of drug-likeness (QED) is 0.361. The predicted octanol–water partition coefficient (Wildman–Crippen LogP) is -0.622. The molecule has 1 aliphatic heterocycles. The highest BCUT2D eigenvalue weighted by atomic mass is 16.7. The molecule has 5 atom stereocenters. The first-order valence-corrected chi connectivity index (χ1v) is 8.98. The summed E-state index contributed by atoms with van der Waals surface area (Å²) in [5.74, 6) is -4.37. The smallest absolute Gasteiger partial charge is 0.339 e. The summed E-state index contributed by atoms with van der Waals surface area (Å²) >= 11 is 0. The molecule has 12 nitrogen and oxygen atoms in total. The van der Waals surface area contributed by atoms with Crippen LogP contribution in [0.5, 0.6) is 5.75 Å². The standard InChI is InChI=1S/C19H22O12/c1-8(21)28-14-13(23)19(31-16(18(26)27-3)15(14)29-9(2)22)30-12-5-4-10(7-20)6-11(12)17(24)25/h4-6,13-16,19-20,23H,7H2,1-3H3,(H,24,25)/t13-,14-,15+,16+,19-/m1/s1. The summed E-state index contributed by atoms with van der Waals surface area (Å²) in [4.78, 5) is 46.8. The topological polar surface area (TPSA) is 175 Å². The van der Waals surface area contributed by atoms with Crippen molar-refractivity contribution in [2.75, 3.05) is 7.11 Å². The van der Waals surface area contributed by atoms with Gasteiger partial charge < -0.3 is 39.0 Å². The predicted molar refractivity (Wildman–Crippen MR) is 97.7 cm³/mol. The molecular formula is C19H22O12. The number of ether oxygens (including phenoxy) is 5. The monoisotopic (exact) mass is 442 g/mol. The summed E-state index contributed by atoms with van der Waals surface area (Å²) in [6.07, 6.45) is -8.29. The number of esters is 3. The van der Waals surface area contributed by atoms with E-state index >= 15 is 0 Å². The van der Waals surface area contributed by atoms with E-state index in [4.69, 9.17) is 18.9 Å². The van der Waals surface area contributed by atoms with Crippen LogP contribution < -0.4 is 4.74 Å². The van der Waals surface area contributed by atoms with Gasteiger partial charge in [0, 0.05) is 13.8 Å². The Balaban J connectivity index is 2.44. The number of carboxylic acids is 1. The molecule has 0 spiro atoms. The van der Waals surface area contributed by atoms with Crippen molar-refractivity contribution < 1.29 is 58.2 Å². The lowest BCUT2D eigenvalue weighted by molar-refractivity contribution is -0.278. The summed E-state index contributed by atoms with van der Waals surface area (Å²) in [5, 5.41) is 29.3. The molecule has 1 saturated heterocycles. The van der Waals surface area contributed by atoms with Crippen molar-refractivity contribution in [3.8, 4) is 5.75 Å². The molecule has 1 heterocycles. The van der Waals surface area contributed by atoms with Gasteiger partial charge in [0.2, 0.25) is 6.29 Å². The number of aliphatic hydroxyl groups is 2. The maximum Gasteiger partial charge on any atom is 0.339 e. The first-order chi connectivity index (χ1) is 14.6. The van der Waals surface area contributed by atoms with E-state index in [1.54, 1.807) is 0 Å². The van der Waals surface area contributed by atoms with Crippen LogP contribution in [0.15, 0.2) is 18.2 Å². The third-order valence-corrected chi connectivity index (χ3v) is 4.26. The van der Waals surface area contributed by atoms with Crippen molar-refractivity contribution in [3.05, 3.63) is 29.3 Å². The van der Waals surface area contributed by atoms with E-state index in [1.807, 2.05) is 0 Å². The van der Waals surface area contributed by atoms with E-state index in [2.05, 4.69) is 4.74 Å². The number of carbonyl (C=O) groups is 4. The van der Waals surface area contributed by atoms with Crippen molar-refractivity contribution in [2.24, 2.45) is 0 Å². The first kappa shape index (κ1) is 24.1. The first-order valence-electron chi connectivity index (χ1n) is 8.98. The normalized spacial score (nSPS) is 25.3.